The van der Waals surface area contributed by atoms with E-state index in [1.54, 1.807) is 19.3 Å². The van der Waals surface area contributed by atoms with Crippen LogP contribution in [0, 0.1) is 13.8 Å². The van der Waals surface area contributed by atoms with Crippen molar-refractivity contribution in [3.63, 3.8) is 0 Å². The van der Waals surface area contributed by atoms with Gasteiger partial charge in [-0.05, 0) is 36.6 Å². The number of amides is 1. The maximum atomic E-state index is 12.6. The van der Waals surface area contributed by atoms with E-state index in [0.29, 0.717) is 27.9 Å². The number of carboxylic acids is 1. The Morgan fingerprint density at radius 1 is 1.09 bits per heavy atom. The molecule has 0 aliphatic heterocycles. The number of nitrogens with one attached hydrogen (secondary N) is 1. The normalized spacial score (nSPS) is 12.2. The fraction of sp³-hybridized carbons (Fsp3) is 0.240. The van der Waals surface area contributed by atoms with Crippen molar-refractivity contribution in [1.82, 2.24) is 5.32 Å². The van der Waals surface area contributed by atoms with Gasteiger partial charge in [-0.3, -0.25) is 4.79 Å². The van der Waals surface area contributed by atoms with Gasteiger partial charge in [-0.25, -0.2) is 9.59 Å². The van der Waals surface area contributed by atoms with Crippen LogP contribution in [0.2, 0.25) is 0 Å². The minimum absolute atomic E-state index is 0.207. The number of carbonyl (C=O) groups is 2. The molecular weight excluding hydrogens is 442 g/mol. The van der Waals surface area contributed by atoms with E-state index in [1.165, 1.54) is 11.8 Å². The van der Waals surface area contributed by atoms with Crippen LogP contribution in [0.5, 0.6) is 0 Å². The molecule has 4 aromatic rings. The largest absolute Gasteiger partial charge is 0.480 e. The summed E-state index contributed by atoms with van der Waals surface area (Å²) in [6.45, 7) is 3.68. The molecule has 0 unspecified atom stereocenters. The van der Waals surface area contributed by atoms with Crippen LogP contribution in [0.15, 0.2) is 62.4 Å². The Morgan fingerprint density at radius 2 is 1.85 bits per heavy atom. The molecule has 4 rings (SSSR count). The third-order valence-electron chi connectivity index (χ3n) is 5.54. The summed E-state index contributed by atoms with van der Waals surface area (Å²) in [5, 5.41) is 13.7. The zero-order valence-electron chi connectivity index (χ0n) is 18.2. The number of rotatable bonds is 8. The first-order chi connectivity index (χ1) is 15.8. The van der Waals surface area contributed by atoms with Crippen molar-refractivity contribution in [1.29, 1.82) is 0 Å². The summed E-state index contributed by atoms with van der Waals surface area (Å²) < 4.78 is 10.9. The van der Waals surface area contributed by atoms with E-state index in [4.69, 9.17) is 8.83 Å². The summed E-state index contributed by atoms with van der Waals surface area (Å²) in [4.78, 5) is 36.9. The summed E-state index contributed by atoms with van der Waals surface area (Å²) in [7, 11) is 0. The van der Waals surface area contributed by atoms with Gasteiger partial charge in [0.05, 0.1) is 18.2 Å². The van der Waals surface area contributed by atoms with E-state index < -0.39 is 23.5 Å². The standard InChI is InChI=1S/C25H23NO6S/c1-14-11-31-21-10-22-18(8-17(14)21)15(2)19(25(30)32-22)9-23(27)26-20(24(28)29)13-33-12-16-6-4-3-5-7-16/h3-8,10-11,20H,9,12-13H2,1-2H3,(H,26,27)(H,28,29)/t20-/m0/s1. The van der Waals surface area contributed by atoms with Crippen LogP contribution >= 0.6 is 11.8 Å². The van der Waals surface area contributed by atoms with E-state index in [1.807, 2.05) is 43.3 Å². The number of benzene rings is 2. The van der Waals surface area contributed by atoms with Crippen LogP contribution < -0.4 is 10.9 Å². The fourth-order valence-corrected chi connectivity index (χ4v) is 4.70. The van der Waals surface area contributed by atoms with Crippen molar-refractivity contribution in [3.8, 4) is 0 Å². The molecule has 170 valence electrons. The number of aliphatic carboxylic acids is 1. The second kappa shape index (κ2) is 9.54. The highest BCUT2D eigenvalue weighted by molar-refractivity contribution is 7.98. The Hall–Kier alpha value is -3.52. The molecule has 0 saturated carbocycles. The van der Waals surface area contributed by atoms with Gasteiger partial charge >= 0.3 is 11.6 Å². The molecule has 0 bridgehead atoms. The molecule has 7 nitrogen and oxygen atoms in total. The van der Waals surface area contributed by atoms with Gasteiger partial charge in [-0.1, -0.05) is 30.3 Å². The maximum Gasteiger partial charge on any atom is 0.340 e. The lowest BCUT2D eigenvalue weighted by Crippen LogP contribution is -2.43. The van der Waals surface area contributed by atoms with E-state index in [9.17, 15) is 19.5 Å². The minimum atomic E-state index is -1.12. The summed E-state index contributed by atoms with van der Waals surface area (Å²) in [5.41, 5.74) is 3.24. The smallest absolute Gasteiger partial charge is 0.340 e. The molecule has 2 aromatic carbocycles. The lowest BCUT2D eigenvalue weighted by Gasteiger charge is -2.15. The van der Waals surface area contributed by atoms with Crippen LogP contribution in [-0.4, -0.2) is 28.8 Å². The lowest BCUT2D eigenvalue weighted by molar-refractivity contribution is -0.141. The monoisotopic (exact) mass is 465 g/mol. The summed E-state index contributed by atoms with van der Waals surface area (Å²) in [5.74, 6) is -0.823. The highest BCUT2D eigenvalue weighted by atomic mass is 32.2. The molecule has 0 radical (unpaired) electrons. The van der Waals surface area contributed by atoms with Crippen molar-refractivity contribution in [2.45, 2.75) is 32.1 Å². The van der Waals surface area contributed by atoms with Gasteiger partial charge in [0.25, 0.3) is 0 Å². The Balaban J connectivity index is 1.49. The third kappa shape index (κ3) is 4.96. The van der Waals surface area contributed by atoms with E-state index in [-0.39, 0.29) is 17.7 Å². The molecule has 0 spiro atoms. The first kappa shape index (κ1) is 22.7. The number of furan rings is 1. The number of aryl methyl sites for hydroxylation is 2. The number of fused-ring (bicyclic) bond motifs is 2. The molecule has 1 atom stereocenters. The van der Waals surface area contributed by atoms with Gasteiger partial charge in [0.15, 0.2) is 0 Å². The van der Waals surface area contributed by atoms with Gasteiger partial charge in [0.1, 0.15) is 17.2 Å². The molecule has 0 saturated heterocycles. The van der Waals surface area contributed by atoms with E-state index in [0.717, 1.165) is 16.5 Å². The fourth-order valence-electron chi connectivity index (χ4n) is 3.69. The number of thioether (sulfide) groups is 1. The van der Waals surface area contributed by atoms with Crippen LogP contribution in [0.25, 0.3) is 21.9 Å². The third-order valence-corrected chi connectivity index (χ3v) is 6.65. The molecule has 1 amide bonds. The van der Waals surface area contributed by atoms with Gasteiger partial charge in [-0.2, -0.15) is 11.8 Å². The molecule has 33 heavy (non-hydrogen) atoms. The molecule has 8 heteroatoms. The Morgan fingerprint density at radius 3 is 2.58 bits per heavy atom. The maximum absolute atomic E-state index is 12.6. The first-order valence-corrected chi connectivity index (χ1v) is 11.6. The van der Waals surface area contributed by atoms with E-state index >= 15 is 0 Å². The topological polar surface area (TPSA) is 110 Å². The number of carbonyl (C=O) groups excluding carboxylic acids is 1. The Bertz CT molecular complexity index is 1390. The van der Waals surface area contributed by atoms with Crippen LogP contribution in [0.3, 0.4) is 0 Å². The predicted octanol–water partition coefficient (Wildman–Crippen LogP) is 4.20. The van der Waals surface area contributed by atoms with Gasteiger partial charge in [0.2, 0.25) is 5.91 Å². The second-order valence-corrected chi connectivity index (χ2v) is 8.92. The Kier molecular flexibility index (Phi) is 6.55. The van der Waals surface area contributed by atoms with Crippen LogP contribution in [-0.2, 0) is 21.8 Å². The van der Waals surface area contributed by atoms with Gasteiger partial charge in [-0.15, -0.1) is 0 Å². The zero-order chi connectivity index (χ0) is 23.5. The average molecular weight is 466 g/mol. The second-order valence-electron chi connectivity index (χ2n) is 7.89. The number of hydrogen-bond donors (Lipinski definition) is 2. The quantitative estimate of drug-likeness (QED) is 0.375. The molecule has 2 aromatic heterocycles. The summed E-state index contributed by atoms with van der Waals surface area (Å²) >= 11 is 1.42. The first-order valence-electron chi connectivity index (χ1n) is 10.4. The molecule has 2 N–H and O–H groups in total. The molecule has 0 aliphatic rings. The Labute approximate surface area is 193 Å². The number of hydrogen-bond acceptors (Lipinski definition) is 6. The van der Waals surface area contributed by atoms with Gasteiger partial charge in [0, 0.05) is 28.3 Å². The summed E-state index contributed by atoms with van der Waals surface area (Å²) in [6.07, 6.45) is 1.37. The average Bonchev–Trinajstić information content (AvgIpc) is 3.15. The lowest BCUT2D eigenvalue weighted by atomic mass is 10.0. The summed E-state index contributed by atoms with van der Waals surface area (Å²) in [6, 6.07) is 12.2. The minimum Gasteiger partial charge on any atom is -0.480 e. The molecular formula is C25H23NO6S. The van der Waals surface area contributed by atoms with Crippen molar-refractivity contribution < 1.29 is 23.5 Å². The molecule has 2 heterocycles. The van der Waals surface area contributed by atoms with Crippen molar-refractivity contribution in [2.75, 3.05) is 5.75 Å². The van der Waals surface area contributed by atoms with E-state index in [2.05, 4.69) is 5.32 Å². The van der Waals surface area contributed by atoms with Crippen LogP contribution in [0.4, 0.5) is 0 Å². The highest BCUT2D eigenvalue weighted by Crippen LogP contribution is 2.28. The zero-order valence-corrected chi connectivity index (χ0v) is 19.0. The van der Waals surface area contributed by atoms with Crippen molar-refractivity contribution in [2.24, 2.45) is 0 Å². The predicted molar refractivity (Wildman–Crippen MR) is 128 cm³/mol. The highest BCUT2D eigenvalue weighted by Gasteiger charge is 2.22. The molecule has 0 aliphatic carbocycles. The van der Waals surface area contributed by atoms with Crippen molar-refractivity contribution in [3.05, 3.63) is 81.4 Å². The van der Waals surface area contributed by atoms with Crippen molar-refractivity contribution >= 4 is 45.6 Å². The van der Waals surface area contributed by atoms with Gasteiger partial charge < -0.3 is 19.3 Å². The molecule has 0 fully saturated rings. The SMILES string of the molecule is Cc1coc2cc3oc(=O)c(CC(=O)N[C@@H](CSCc4ccccc4)C(=O)O)c(C)c3cc12. The number of carboxylic acid groups (broad SMARTS) is 1. The van der Waals surface area contributed by atoms with Crippen LogP contribution in [0.1, 0.15) is 22.3 Å².